The van der Waals surface area contributed by atoms with Gasteiger partial charge in [0.25, 0.3) is 11.5 Å². The molecule has 1 aromatic carbocycles. The van der Waals surface area contributed by atoms with Crippen molar-refractivity contribution in [1.29, 1.82) is 0 Å². The van der Waals surface area contributed by atoms with Crippen molar-refractivity contribution < 1.29 is 4.79 Å². The topological polar surface area (TPSA) is 112 Å². The molecule has 0 atom stereocenters. The summed E-state index contributed by atoms with van der Waals surface area (Å²) in [5, 5.41) is 3.06. The van der Waals surface area contributed by atoms with Gasteiger partial charge in [-0.2, -0.15) is 0 Å². The molecule has 3 aromatic rings. The minimum absolute atomic E-state index is 0.00633. The van der Waals surface area contributed by atoms with Crippen molar-refractivity contribution in [2.24, 2.45) is 14.1 Å². The number of carbonyl (C=O) groups is 1. The largest absolute Gasteiger partial charge is 0.383 e. The van der Waals surface area contributed by atoms with E-state index >= 15 is 0 Å². The number of nitrogen functional groups attached to an aromatic ring is 1. The number of hydrogen-bond donors (Lipinski definition) is 2. The van der Waals surface area contributed by atoms with Crippen LogP contribution in [0.5, 0.6) is 0 Å². The first-order valence-corrected chi connectivity index (χ1v) is 8.57. The van der Waals surface area contributed by atoms with Crippen LogP contribution >= 0.6 is 0 Å². The Hall–Kier alpha value is -3.42. The quantitative estimate of drug-likeness (QED) is 0.705. The van der Waals surface area contributed by atoms with Crippen LogP contribution in [-0.4, -0.2) is 20.0 Å². The van der Waals surface area contributed by atoms with Gasteiger partial charge in [-0.05, 0) is 17.5 Å². The van der Waals surface area contributed by atoms with Gasteiger partial charge in [0.1, 0.15) is 5.82 Å². The Morgan fingerprint density at radius 1 is 1.15 bits per heavy atom. The number of aromatic nitrogens is 3. The summed E-state index contributed by atoms with van der Waals surface area (Å²) in [7, 11) is 2.92. The van der Waals surface area contributed by atoms with Crippen molar-refractivity contribution in [1.82, 2.24) is 19.4 Å². The van der Waals surface area contributed by atoms with Gasteiger partial charge in [-0.1, -0.05) is 37.3 Å². The van der Waals surface area contributed by atoms with Crippen molar-refractivity contribution in [3.8, 4) is 0 Å². The zero-order chi connectivity index (χ0) is 19.7. The highest BCUT2D eigenvalue weighted by atomic mass is 16.2. The molecular weight excluding hydrogens is 346 g/mol. The van der Waals surface area contributed by atoms with Crippen LogP contribution in [0.1, 0.15) is 28.4 Å². The third-order valence-electron chi connectivity index (χ3n) is 4.60. The first kappa shape index (κ1) is 18.4. The van der Waals surface area contributed by atoms with Crippen LogP contribution in [0.3, 0.4) is 0 Å². The van der Waals surface area contributed by atoms with Crippen LogP contribution in [0.4, 0.5) is 5.82 Å². The summed E-state index contributed by atoms with van der Waals surface area (Å²) in [4.78, 5) is 41.8. The monoisotopic (exact) mass is 367 g/mol. The predicted molar refractivity (Wildman–Crippen MR) is 104 cm³/mol. The fourth-order valence-electron chi connectivity index (χ4n) is 3.15. The molecule has 3 N–H and O–H groups in total. The van der Waals surface area contributed by atoms with E-state index in [1.807, 2.05) is 37.3 Å². The summed E-state index contributed by atoms with van der Waals surface area (Å²) in [6.45, 7) is 2.15. The van der Waals surface area contributed by atoms with E-state index in [1.165, 1.54) is 18.7 Å². The number of carbonyl (C=O) groups excluding carboxylic acids is 1. The second-order valence-electron chi connectivity index (χ2n) is 6.28. The average Bonchev–Trinajstić information content (AvgIpc) is 2.68. The number of fused-ring (bicyclic) bond motifs is 1. The van der Waals surface area contributed by atoms with E-state index in [0.29, 0.717) is 18.5 Å². The highest BCUT2D eigenvalue weighted by molar-refractivity contribution is 6.03. The molecule has 0 aliphatic heterocycles. The number of aryl methyl sites for hydroxylation is 2. The molecule has 140 valence electrons. The van der Waals surface area contributed by atoms with Gasteiger partial charge >= 0.3 is 5.69 Å². The fourth-order valence-corrected chi connectivity index (χ4v) is 3.15. The van der Waals surface area contributed by atoms with Gasteiger partial charge in [0, 0.05) is 20.6 Å². The number of nitrogens with zero attached hydrogens (tertiary/aromatic N) is 3. The van der Waals surface area contributed by atoms with Crippen molar-refractivity contribution in [3.05, 3.63) is 67.9 Å². The summed E-state index contributed by atoms with van der Waals surface area (Å²) >= 11 is 0. The van der Waals surface area contributed by atoms with Crippen LogP contribution in [0, 0.1) is 0 Å². The molecule has 0 aliphatic carbocycles. The van der Waals surface area contributed by atoms with E-state index in [2.05, 4.69) is 10.3 Å². The lowest BCUT2D eigenvalue weighted by molar-refractivity contribution is 0.0951. The van der Waals surface area contributed by atoms with Gasteiger partial charge in [0.15, 0.2) is 5.65 Å². The van der Waals surface area contributed by atoms with E-state index in [0.717, 1.165) is 10.1 Å². The summed E-state index contributed by atoms with van der Waals surface area (Å²) in [5.41, 5.74) is 6.84. The Labute approximate surface area is 155 Å². The molecule has 0 aliphatic rings. The molecule has 0 radical (unpaired) electrons. The minimum Gasteiger partial charge on any atom is -0.383 e. The zero-order valence-electron chi connectivity index (χ0n) is 15.4. The number of hydrogen-bond acceptors (Lipinski definition) is 5. The Kier molecular flexibility index (Phi) is 4.81. The van der Waals surface area contributed by atoms with E-state index in [1.54, 1.807) is 0 Å². The number of nitrogens with one attached hydrogen (secondary N) is 1. The Morgan fingerprint density at radius 2 is 1.81 bits per heavy atom. The van der Waals surface area contributed by atoms with Crippen LogP contribution in [0.25, 0.3) is 11.0 Å². The van der Waals surface area contributed by atoms with Gasteiger partial charge in [0.2, 0.25) is 0 Å². The Balaban J connectivity index is 2.16. The van der Waals surface area contributed by atoms with Crippen molar-refractivity contribution in [2.75, 3.05) is 5.73 Å². The van der Waals surface area contributed by atoms with Crippen molar-refractivity contribution >= 4 is 22.8 Å². The van der Waals surface area contributed by atoms with Gasteiger partial charge < -0.3 is 11.1 Å². The first-order valence-electron chi connectivity index (χ1n) is 8.57. The Bertz CT molecular complexity index is 1150. The second-order valence-corrected chi connectivity index (χ2v) is 6.28. The third-order valence-corrected chi connectivity index (χ3v) is 4.60. The molecule has 0 spiro atoms. The zero-order valence-corrected chi connectivity index (χ0v) is 15.4. The second kappa shape index (κ2) is 7.06. The van der Waals surface area contributed by atoms with Crippen molar-refractivity contribution in [2.45, 2.75) is 19.9 Å². The molecule has 3 rings (SSSR count). The van der Waals surface area contributed by atoms with Gasteiger partial charge in [-0.3, -0.25) is 18.7 Å². The first-order chi connectivity index (χ1) is 12.9. The lowest BCUT2D eigenvalue weighted by atomic mass is 10.0. The minimum atomic E-state index is -0.497. The summed E-state index contributed by atoms with van der Waals surface area (Å²) in [5.74, 6) is -0.410. The van der Waals surface area contributed by atoms with Crippen LogP contribution in [0.2, 0.25) is 0 Å². The van der Waals surface area contributed by atoms with Gasteiger partial charge in [0.05, 0.1) is 10.9 Å². The normalized spacial score (nSPS) is 10.9. The van der Waals surface area contributed by atoms with Crippen LogP contribution < -0.4 is 22.3 Å². The number of benzene rings is 1. The van der Waals surface area contributed by atoms with E-state index in [4.69, 9.17) is 5.73 Å². The molecule has 0 fully saturated rings. The molecule has 1 amide bonds. The number of anilines is 1. The van der Waals surface area contributed by atoms with Crippen molar-refractivity contribution in [3.63, 3.8) is 0 Å². The van der Waals surface area contributed by atoms with Crippen LogP contribution in [-0.2, 0) is 27.1 Å². The fraction of sp³-hybridized carbons (Fsp3) is 0.263. The third kappa shape index (κ3) is 3.10. The number of rotatable bonds is 4. The number of amides is 1. The lowest BCUT2D eigenvalue weighted by Crippen LogP contribution is -2.38. The predicted octanol–water partition coefficient (Wildman–Crippen LogP) is 0.707. The van der Waals surface area contributed by atoms with E-state index in [-0.39, 0.29) is 22.4 Å². The number of pyridine rings is 1. The molecule has 8 nitrogen and oxygen atoms in total. The summed E-state index contributed by atoms with van der Waals surface area (Å²) < 4.78 is 2.27. The van der Waals surface area contributed by atoms with Gasteiger partial charge in [-0.25, -0.2) is 9.78 Å². The molecular formula is C19H21N5O3. The molecule has 8 heteroatoms. The van der Waals surface area contributed by atoms with Gasteiger partial charge in [-0.15, -0.1) is 0 Å². The maximum atomic E-state index is 12.8. The molecule has 0 unspecified atom stereocenters. The van der Waals surface area contributed by atoms with E-state index < -0.39 is 17.2 Å². The molecule has 0 saturated carbocycles. The summed E-state index contributed by atoms with van der Waals surface area (Å²) in [6.07, 6.45) is 0.394. The molecule has 2 heterocycles. The lowest BCUT2D eigenvalue weighted by Gasteiger charge is -2.15. The maximum Gasteiger partial charge on any atom is 0.332 e. The SMILES string of the molecule is CCc1c(C(=O)NCc2ccccc2)c(N)nc2c1c(=O)n(C)c(=O)n2C. The Morgan fingerprint density at radius 3 is 2.44 bits per heavy atom. The highest BCUT2D eigenvalue weighted by Crippen LogP contribution is 2.22. The standard InChI is InChI=1S/C19H21N5O3/c1-4-12-13(17(25)21-10-11-8-6-5-7-9-11)15(20)22-16-14(12)18(26)24(3)19(27)23(16)2/h5-9H,4,10H2,1-3H3,(H2,20,22)(H,21,25). The average molecular weight is 367 g/mol. The molecule has 0 saturated heterocycles. The molecule has 2 aromatic heterocycles. The highest BCUT2D eigenvalue weighted by Gasteiger charge is 2.23. The molecule has 27 heavy (non-hydrogen) atoms. The maximum absolute atomic E-state index is 12.8. The smallest absolute Gasteiger partial charge is 0.332 e. The summed E-state index contributed by atoms with van der Waals surface area (Å²) in [6, 6.07) is 9.46. The van der Waals surface area contributed by atoms with Crippen LogP contribution in [0.15, 0.2) is 39.9 Å². The number of nitrogens with two attached hydrogens (primary N) is 1. The molecule has 0 bridgehead atoms. The van der Waals surface area contributed by atoms with E-state index in [9.17, 15) is 14.4 Å².